The number of hydrogen-bond donors (Lipinski definition) is 1. The summed E-state index contributed by atoms with van der Waals surface area (Å²) >= 11 is 14.5. The third kappa shape index (κ3) is 4.01. The Balaban J connectivity index is 1.77. The quantitative estimate of drug-likeness (QED) is 0.276. The molecule has 1 saturated heterocycles. The summed E-state index contributed by atoms with van der Waals surface area (Å²) in [6.07, 6.45) is 1.54. The first kappa shape index (κ1) is 22.4. The van der Waals surface area contributed by atoms with E-state index in [4.69, 9.17) is 23.8 Å². The summed E-state index contributed by atoms with van der Waals surface area (Å²) in [5.41, 5.74) is 3.63. The third-order valence-corrected chi connectivity index (χ3v) is 6.17. The Hall–Kier alpha value is -2.81. The Bertz CT molecular complexity index is 1330. The van der Waals surface area contributed by atoms with E-state index >= 15 is 0 Å². The lowest BCUT2D eigenvalue weighted by molar-refractivity contribution is -0.122. The molecule has 0 unspecified atom stereocenters. The monoisotopic (exact) mass is 531 g/mol. The Labute approximate surface area is 202 Å². The summed E-state index contributed by atoms with van der Waals surface area (Å²) < 4.78 is 16.5. The first-order valence-electron chi connectivity index (χ1n) is 9.49. The molecule has 1 aliphatic rings. The normalized spacial score (nSPS) is 15.5. The summed E-state index contributed by atoms with van der Waals surface area (Å²) in [4.78, 5) is 27.0. The number of benzene rings is 2. The van der Waals surface area contributed by atoms with Crippen LogP contribution in [0.3, 0.4) is 0 Å². The molecule has 3 aromatic rings. The van der Waals surface area contributed by atoms with Gasteiger partial charge in [0, 0.05) is 21.5 Å². The summed E-state index contributed by atoms with van der Waals surface area (Å²) in [6.45, 7) is 3.86. The minimum Gasteiger partial charge on any atom is -0.318 e. The van der Waals surface area contributed by atoms with E-state index in [1.165, 1.54) is 18.2 Å². The van der Waals surface area contributed by atoms with Crippen LogP contribution in [0.15, 0.2) is 58.6 Å². The maximum atomic E-state index is 13.6. The second kappa shape index (κ2) is 8.61. The molecule has 0 saturated carbocycles. The summed E-state index contributed by atoms with van der Waals surface area (Å²) in [5, 5.41) is 2.27. The second-order valence-corrected chi connectivity index (χ2v) is 8.91. The van der Waals surface area contributed by atoms with Crippen molar-refractivity contribution in [3.63, 3.8) is 0 Å². The molecule has 162 valence electrons. The molecule has 4 rings (SSSR count). The molecular formula is C23H16BrClFN3O2S. The number of thiocarbonyl (C=S) groups is 1. The highest BCUT2D eigenvalue weighted by Crippen LogP contribution is 2.28. The lowest BCUT2D eigenvalue weighted by atomic mass is 10.1. The zero-order valence-corrected chi connectivity index (χ0v) is 20.1. The summed E-state index contributed by atoms with van der Waals surface area (Å²) in [5.74, 6) is -1.84. The van der Waals surface area contributed by atoms with Gasteiger partial charge in [-0.25, -0.2) is 4.39 Å². The number of nitrogens with zero attached hydrogens (tertiary/aromatic N) is 2. The summed E-state index contributed by atoms with van der Waals surface area (Å²) in [7, 11) is 0. The number of carbonyl (C=O) groups is 2. The number of nitrogens with one attached hydrogen (secondary N) is 1. The minimum absolute atomic E-state index is 0.0893. The van der Waals surface area contributed by atoms with Crippen molar-refractivity contribution in [1.82, 2.24) is 9.88 Å². The topological polar surface area (TPSA) is 54.3 Å². The fourth-order valence-corrected chi connectivity index (χ4v) is 4.46. The van der Waals surface area contributed by atoms with E-state index in [-0.39, 0.29) is 21.4 Å². The average Bonchev–Trinajstić information content (AvgIpc) is 3.00. The zero-order valence-electron chi connectivity index (χ0n) is 16.9. The van der Waals surface area contributed by atoms with Crippen LogP contribution >= 0.6 is 39.7 Å². The Morgan fingerprint density at radius 2 is 1.84 bits per heavy atom. The van der Waals surface area contributed by atoms with Crippen molar-refractivity contribution in [3.8, 4) is 5.69 Å². The molecule has 0 spiro atoms. The lowest BCUT2D eigenvalue weighted by Gasteiger charge is -2.29. The fourth-order valence-electron chi connectivity index (χ4n) is 3.62. The first-order valence-corrected chi connectivity index (χ1v) is 11.1. The maximum absolute atomic E-state index is 13.6. The van der Waals surface area contributed by atoms with Gasteiger partial charge in [0.25, 0.3) is 11.8 Å². The SMILES string of the molecule is Cc1cc(/C=C2\C(=O)NC(=S)N(c3ccc(F)c(Cl)c3)C2=O)c(C)n1-c1cccc(Br)c1. The highest BCUT2D eigenvalue weighted by atomic mass is 79.9. The number of halogens is 3. The van der Waals surface area contributed by atoms with Crippen LogP contribution < -0.4 is 10.2 Å². The van der Waals surface area contributed by atoms with Gasteiger partial charge < -0.3 is 4.57 Å². The molecule has 2 heterocycles. The second-order valence-electron chi connectivity index (χ2n) is 7.20. The van der Waals surface area contributed by atoms with E-state index in [2.05, 4.69) is 21.2 Å². The largest absolute Gasteiger partial charge is 0.318 e. The van der Waals surface area contributed by atoms with Crippen LogP contribution in [0.5, 0.6) is 0 Å². The van der Waals surface area contributed by atoms with Crippen molar-refractivity contribution in [2.75, 3.05) is 4.90 Å². The highest BCUT2D eigenvalue weighted by molar-refractivity contribution is 9.10. The van der Waals surface area contributed by atoms with Crippen LogP contribution in [0.2, 0.25) is 5.02 Å². The molecule has 1 fully saturated rings. The average molecular weight is 533 g/mol. The predicted molar refractivity (Wildman–Crippen MR) is 131 cm³/mol. The van der Waals surface area contributed by atoms with Gasteiger partial charge in [-0.15, -0.1) is 0 Å². The number of aromatic nitrogens is 1. The fraction of sp³-hybridized carbons (Fsp3) is 0.0870. The number of carbonyl (C=O) groups excluding carboxylic acids is 2. The van der Waals surface area contributed by atoms with E-state index < -0.39 is 17.6 Å². The third-order valence-electron chi connectivity index (χ3n) is 5.10. The van der Waals surface area contributed by atoms with Crippen LogP contribution in [-0.4, -0.2) is 21.5 Å². The molecule has 0 atom stereocenters. The number of hydrogen-bond acceptors (Lipinski definition) is 3. The first-order chi connectivity index (χ1) is 15.2. The van der Waals surface area contributed by atoms with Crippen molar-refractivity contribution in [1.29, 1.82) is 0 Å². The van der Waals surface area contributed by atoms with Crippen LogP contribution in [0.25, 0.3) is 11.8 Å². The maximum Gasteiger partial charge on any atom is 0.270 e. The molecular weight excluding hydrogens is 517 g/mol. The molecule has 5 nitrogen and oxygen atoms in total. The molecule has 1 aromatic heterocycles. The number of anilines is 1. The van der Waals surface area contributed by atoms with E-state index in [1.807, 2.05) is 48.7 Å². The van der Waals surface area contributed by atoms with Crippen molar-refractivity contribution in [2.24, 2.45) is 0 Å². The highest BCUT2D eigenvalue weighted by Gasteiger charge is 2.35. The smallest absolute Gasteiger partial charge is 0.270 e. The van der Waals surface area contributed by atoms with Crippen molar-refractivity contribution < 1.29 is 14.0 Å². The lowest BCUT2D eigenvalue weighted by Crippen LogP contribution is -2.54. The molecule has 32 heavy (non-hydrogen) atoms. The van der Waals surface area contributed by atoms with Gasteiger partial charge in [-0.3, -0.25) is 19.8 Å². The Morgan fingerprint density at radius 3 is 2.53 bits per heavy atom. The molecule has 1 N–H and O–H groups in total. The van der Waals surface area contributed by atoms with Crippen molar-refractivity contribution in [2.45, 2.75) is 13.8 Å². The van der Waals surface area contributed by atoms with E-state index in [9.17, 15) is 14.0 Å². The van der Waals surface area contributed by atoms with Gasteiger partial charge in [0.15, 0.2) is 5.11 Å². The predicted octanol–water partition coefficient (Wildman–Crippen LogP) is 5.48. The van der Waals surface area contributed by atoms with Gasteiger partial charge in [-0.2, -0.15) is 0 Å². The minimum atomic E-state index is -0.620. The summed E-state index contributed by atoms with van der Waals surface area (Å²) in [6, 6.07) is 13.5. The standard InChI is InChI=1S/C23H16BrClFN3O2S/c1-12-8-14(13(2)28(12)16-5-3-4-15(24)10-16)9-18-21(30)27-23(32)29(22(18)31)17-6-7-20(26)19(25)11-17/h3-11H,1-2H3,(H,27,30,32)/b18-9+. The molecule has 9 heteroatoms. The Morgan fingerprint density at radius 1 is 1.09 bits per heavy atom. The number of aryl methyl sites for hydroxylation is 1. The van der Waals surface area contributed by atoms with Crippen LogP contribution in [0.1, 0.15) is 17.0 Å². The van der Waals surface area contributed by atoms with Crippen molar-refractivity contribution in [3.05, 3.63) is 86.4 Å². The molecule has 2 aromatic carbocycles. The van der Waals surface area contributed by atoms with Gasteiger partial charge in [0.05, 0.1) is 10.7 Å². The van der Waals surface area contributed by atoms with E-state index in [0.717, 1.165) is 32.5 Å². The van der Waals surface area contributed by atoms with Gasteiger partial charge in [-0.1, -0.05) is 33.6 Å². The molecule has 0 radical (unpaired) electrons. The molecule has 0 aliphatic carbocycles. The van der Waals surface area contributed by atoms with E-state index in [1.54, 1.807) is 0 Å². The van der Waals surface area contributed by atoms with Gasteiger partial charge in [-0.05, 0) is 80.2 Å². The van der Waals surface area contributed by atoms with Crippen molar-refractivity contribution >= 4 is 68.4 Å². The van der Waals surface area contributed by atoms with Crippen LogP contribution in [-0.2, 0) is 9.59 Å². The molecule has 1 aliphatic heterocycles. The van der Waals surface area contributed by atoms with E-state index in [0.29, 0.717) is 5.56 Å². The zero-order chi connectivity index (χ0) is 23.2. The van der Waals surface area contributed by atoms with Gasteiger partial charge in [0.2, 0.25) is 0 Å². The molecule has 2 amide bonds. The Kier molecular flexibility index (Phi) is 6.03. The molecule has 0 bridgehead atoms. The number of rotatable bonds is 3. The van der Waals surface area contributed by atoms with Gasteiger partial charge >= 0.3 is 0 Å². The number of amides is 2. The van der Waals surface area contributed by atoms with Gasteiger partial charge in [0.1, 0.15) is 11.4 Å². The van der Waals surface area contributed by atoms with Crippen LogP contribution in [0, 0.1) is 19.7 Å². The van der Waals surface area contributed by atoms with Crippen LogP contribution in [0.4, 0.5) is 10.1 Å².